The Morgan fingerprint density at radius 1 is 0.775 bits per heavy atom. The van der Waals surface area contributed by atoms with Crippen LogP contribution >= 0.6 is 33.2 Å². The third-order valence-corrected chi connectivity index (χ3v) is 27.0. The number of carbonyl (C=O) groups is 10. The molecule has 0 spiro atoms. The molecule has 33 heteroatoms. The van der Waals surface area contributed by atoms with E-state index in [-0.39, 0.29) is 122 Å². The van der Waals surface area contributed by atoms with Gasteiger partial charge in [0, 0.05) is 132 Å². The number of halogens is 1. The summed E-state index contributed by atoms with van der Waals surface area (Å²) >= 11 is 6.63. The van der Waals surface area contributed by atoms with E-state index in [9.17, 15) is 63.0 Å². The average Bonchev–Trinajstić information content (AvgIpc) is 1.58. The van der Waals surface area contributed by atoms with Crippen LogP contribution in [0.1, 0.15) is 139 Å². The molecule has 1 aliphatic rings. The fourth-order valence-electron chi connectivity index (χ4n) is 12.7. The third-order valence-electron chi connectivity index (χ3n) is 19.8. The van der Waals surface area contributed by atoms with Crippen molar-refractivity contribution in [2.45, 2.75) is 135 Å². The highest BCUT2D eigenvalue weighted by atomic mass is 35.5. The lowest BCUT2D eigenvalue weighted by molar-refractivity contribution is -0.144. The standard InChI is InChI=1S/C78H90ClN15O14S2Si/c1-42(87-66(99)14-10-24-83-71(102)45-17-19-51(20-18-45)85-38-52-39-86-70-69(88-52)73(104)93-77(82)92-70)62(96)33-46(11-9-25-84-76(80)81)72(103)91-59(35-67(100)101)64(98)34-49(75(106)107)41-110-109-26-23-53(95)29-43-15-21-56-47(27-43)31-58(89-56)63(97)30-44-16-22-57-48(28-44)32-60(90-57)74(105)94-40-50(37-79)68-55-13-8-7-12-54(55)65(36-61(68)94)108-111(5,6)78(2,3)4/h7-8,12-13,15-22,27-28,31-32,36,39,42,46,49-50,59,85,89-90H,9-11,14,23-26,29-30,33-35,37-38,40-41H2,1-6H3,(H,83,102)(H,87,99)(H,91,103)(H,100,101)(H,106,107)(H4,80,81,84)(H3,82,86,92,93,104)/t42-,46+,49-,50?,59-/m0/s1. The van der Waals surface area contributed by atoms with E-state index in [0.717, 1.165) is 60.4 Å². The Morgan fingerprint density at radius 2 is 1.44 bits per heavy atom. The molecule has 0 saturated carbocycles. The molecule has 9 aromatic rings. The van der Waals surface area contributed by atoms with Crippen molar-refractivity contribution >= 4 is 167 Å². The van der Waals surface area contributed by atoms with E-state index in [4.69, 9.17) is 32.9 Å². The average molecular weight is 1590 g/mol. The topological polar surface area (TPSA) is 463 Å². The lowest BCUT2D eigenvalue weighted by atomic mass is 9.92. The van der Waals surface area contributed by atoms with E-state index in [1.807, 2.05) is 48.5 Å². The highest BCUT2D eigenvalue weighted by molar-refractivity contribution is 8.76. The molecular weight excluding hydrogens is 1500 g/mol. The van der Waals surface area contributed by atoms with Gasteiger partial charge in [0.15, 0.2) is 34.5 Å². The number of aromatic nitrogens is 6. The first-order valence-electron chi connectivity index (χ1n) is 36.3. The number of carboxylic acids is 2. The Hall–Kier alpha value is -11.0. The Morgan fingerprint density at radius 3 is 2.12 bits per heavy atom. The number of Topliss-reactive ketones (excluding diaryl/α,β-unsaturated/α-hetero) is 4. The molecule has 4 aromatic heterocycles. The van der Waals surface area contributed by atoms with Crippen LogP contribution in [0.4, 0.5) is 17.3 Å². The number of carboxylic acid groups (broad SMARTS) is 2. The van der Waals surface area contributed by atoms with Gasteiger partial charge in [-0.15, -0.1) is 11.6 Å². The molecule has 1 aliphatic heterocycles. The predicted molar refractivity (Wildman–Crippen MR) is 432 cm³/mol. The van der Waals surface area contributed by atoms with Crippen molar-refractivity contribution in [1.29, 1.82) is 5.41 Å². The molecule has 10 rings (SSSR count). The number of nitrogens with one attached hydrogen (secondary N) is 9. The largest absolute Gasteiger partial charge is 0.543 e. The highest BCUT2D eigenvalue weighted by Gasteiger charge is 2.42. The molecule has 0 bridgehead atoms. The molecule has 0 aliphatic carbocycles. The van der Waals surface area contributed by atoms with Crippen LogP contribution in [0.5, 0.6) is 5.75 Å². The number of aromatic amines is 3. The van der Waals surface area contributed by atoms with Crippen LogP contribution in [0.15, 0.2) is 114 Å². The van der Waals surface area contributed by atoms with Gasteiger partial charge in [-0.1, -0.05) is 78.8 Å². The number of benzene rings is 5. The number of aliphatic carboxylic acids is 2. The van der Waals surface area contributed by atoms with Crippen LogP contribution in [-0.4, -0.2) is 162 Å². The molecule has 584 valence electrons. The van der Waals surface area contributed by atoms with E-state index in [1.54, 1.807) is 47.4 Å². The summed E-state index contributed by atoms with van der Waals surface area (Å²) in [6.45, 7) is 13.2. The molecule has 1 unspecified atom stereocenters. The summed E-state index contributed by atoms with van der Waals surface area (Å²) in [6, 6.07) is 28.5. The number of ketones is 4. The van der Waals surface area contributed by atoms with Crippen LogP contribution < -0.4 is 52.9 Å². The fraction of sp³-hybridized carbons (Fsp3) is 0.372. The van der Waals surface area contributed by atoms with Crippen molar-refractivity contribution in [1.82, 2.24) is 51.2 Å². The maximum Gasteiger partial charge on any atom is 0.307 e. The van der Waals surface area contributed by atoms with Crippen molar-refractivity contribution in [3.8, 4) is 5.75 Å². The van der Waals surface area contributed by atoms with Crippen molar-refractivity contribution in [2.75, 3.05) is 53.0 Å². The smallest absolute Gasteiger partial charge is 0.307 e. The first kappa shape index (κ1) is 82.5. The summed E-state index contributed by atoms with van der Waals surface area (Å²) in [5.74, 6) is -8.27. The molecular formula is C78H90ClN15O14S2Si. The van der Waals surface area contributed by atoms with E-state index in [2.05, 4.69) is 102 Å². The van der Waals surface area contributed by atoms with Crippen molar-refractivity contribution in [3.05, 3.63) is 159 Å². The second kappa shape index (κ2) is 36.7. The van der Waals surface area contributed by atoms with Crippen LogP contribution in [-0.2, 0) is 52.9 Å². The number of nitrogen functional groups attached to an aromatic ring is 1. The summed E-state index contributed by atoms with van der Waals surface area (Å²) < 4.78 is 6.92. The Bertz CT molecular complexity index is 5120. The minimum absolute atomic E-state index is 0.00429. The summed E-state index contributed by atoms with van der Waals surface area (Å²) in [4.78, 5) is 169. The van der Waals surface area contributed by atoms with Gasteiger partial charge < -0.3 is 67.6 Å². The van der Waals surface area contributed by atoms with Crippen LogP contribution in [0.3, 0.4) is 0 Å². The number of alkyl halides is 1. The van der Waals surface area contributed by atoms with Gasteiger partial charge in [0.05, 0.1) is 54.2 Å². The monoisotopic (exact) mass is 1590 g/mol. The van der Waals surface area contributed by atoms with Gasteiger partial charge in [-0.2, -0.15) is 4.98 Å². The second-order valence-corrected chi connectivity index (χ2v) is 36.8. The fourth-order valence-corrected chi connectivity index (χ4v) is 16.4. The number of nitrogens with two attached hydrogens (primary N) is 2. The number of hydrogen-bond acceptors (Lipinski definition) is 20. The Labute approximate surface area is 652 Å². The molecule has 5 heterocycles. The maximum absolute atomic E-state index is 14.6. The van der Waals surface area contributed by atoms with E-state index >= 15 is 0 Å². The zero-order chi connectivity index (χ0) is 80.0. The highest BCUT2D eigenvalue weighted by Crippen LogP contribution is 2.48. The molecule has 0 fully saturated rings. The number of carbonyl (C=O) groups excluding carboxylic acids is 8. The second-order valence-electron chi connectivity index (χ2n) is 29.1. The number of guanidine groups is 1. The molecule has 111 heavy (non-hydrogen) atoms. The van der Waals surface area contributed by atoms with Gasteiger partial charge in [-0.3, -0.25) is 63.1 Å². The minimum Gasteiger partial charge on any atom is -0.543 e. The Kier molecular flexibility index (Phi) is 27.3. The predicted octanol–water partition coefficient (Wildman–Crippen LogP) is 9.87. The number of nitrogens with zero attached hydrogens (tertiary/aromatic N) is 4. The van der Waals surface area contributed by atoms with Gasteiger partial charge in [-0.25, -0.2) is 9.97 Å². The third kappa shape index (κ3) is 21.5. The number of H-pyrrole nitrogens is 3. The number of amides is 4. The lowest BCUT2D eigenvalue weighted by Gasteiger charge is -2.37. The van der Waals surface area contributed by atoms with Gasteiger partial charge in [0.1, 0.15) is 17.2 Å². The zero-order valence-electron chi connectivity index (χ0n) is 62.2. The summed E-state index contributed by atoms with van der Waals surface area (Å²) in [7, 11) is 0.0573. The normalized spacial score (nSPS) is 13.9. The Balaban J connectivity index is 0.655. The number of anilines is 3. The number of hydrogen-bond donors (Lipinski definition) is 13. The molecule has 15 N–H and O–H groups in total. The van der Waals surface area contributed by atoms with E-state index < -0.39 is 98.3 Å². The van der Waals surface area contributed by atoms with Crippen molar-refractivity contribution in [2.24, 2.45) is 17.6 Å². The molecule has 4 amide bonds. The van der Waals surface area contributed by atoms with Crippen molar-refractivity contribution < 1.29 is 62.6 Å². The van der Waals surface area contributed by atoms with Gasteiger partial charge in [-0.05, 0) is 127 Å². The molecule has 0 radical (unpaired) electrons. The quantitative estimate of drug-likeness (QED) is 0.00324. The van der Waals surface area contributed by atoms with Gasteiger partial charge in [0.25, 0.3) is 25.7 Å². The molecule has 0 saturated heterocycles. The van der Waals surface area contributed by atoms with Crippen LogP contribution in [0.2, 0.25) is 18.1 Å². The minimum atomic E-state index is -2.28. The maximum atomic E-state index is 14.6. The van der Waals surface area contributed by atoms with Crippen LogP contribution in [0, 0.1) is 17.2 Å². The first-order valence-corrected chi connectivity index (χ1v) is 42.2. The van der Waals surface area contributed by atoms with Gasteiger partial charge >= 0.3 is 11.9 Å². The van der Waals surface area contributed by atoms with Crippen molar-refractivity contribution in [3.63, 3.8) is 0 Å². The van der Waals surface area contributed by atoms with E-state index in [0.29, 0.717) is 57.6 Å². The summed E-state index contributed by atoms with van der Waals surface area (Å²) in [5, 5.41) is 44.5. The number of fused-ring (bicyclic) bond motifs is 6. The van der Waals surface area contributed by atoms with E-state index in [1.165, 1.54) is 23.9 Å². The van der Waals surface area contributed by atoms with Crippen LogP contribution in [0.25, 0.3) is 43.7 Å². The number of rotatable bonds is 39. The molecule has 5 atom stereocenters. The van der Waals surface area contributed by atoms with Gasteiger partial charge in [0.2, 0.25) is 17.8 Å². The first-order chi connectivity index (χ1) is 52.8. The lowest BCUT2D eigenvalue weighted by Crippen LogP contribution is -2.47. The summed E-state index contributed by atoms with van der Waals surface area (Å²) in [6.07, 6.45) is 0.0338. The summed E-state index contributed by atoms with van der Waals surface area (Å²) in [5.41, 5.74) is 17.5. The molecule has 29 nitrogen and oxygen atoms in total. The molecule has 5 aromatic carbocycles. The SMILES string of the molecule is C[C@H](NC(=O)CCCNC(=O)c1ccc(NCc2cnc3nc(N)[nH]c(=O)c3n2)cc1)C(=O)C[C@@H](CCCNC(=N)N)C(=O)N[C@@H](CC(=O)O)C(=O)C[C@@H](CSSCCC(=O)Cc1ccc2[nH]c(C(=O)Cc3ccc4[nH]c(C(=O)N5CC(CCl)c6c5cc(O[Si](C)(C)C(C)(C)C)c5ccccc65)cc4c3)cc2c1)C(=O)O. The zero-order valence-corrected chi connectivity index (χ0v) is 65.6.